The van der Waals surface area contributed by atoms with Gasteiger partial charge in [0.05, 0.1) is 5.69 Å². The molecule has 0 fully saturated rings. The van der Waals surface area contributed by atoms with Crippen LogP contribution >= 0.6 is 0 Å². The normalized spacial score (nSPS) is 10.9. The van der Waals surface area contributed by atoms with Gasteiger partial charge >= 0.3 is 0 Å². The molecule has 92 valence electrons. The minimum atomic E-state index is 0.993. The zero-order valence-corrected chi connectivity index (χ0v) is 10.8. The van der Waals surface area contributed by atoms with E-state index in [9.17, 15) is 0 Å². The van der Waals surface area contributed by atoms with Crippen LogP contribution in [0.4, 0.5) is 5.69 Å². The Labute approximate surface area is 109 Å². The monoisotopic (exact) mass is 237 g/mol. The molecule has 0 saturated carbocycles. The molecule has 2 rings (SSSR count). The predicted octanol–water partition coefficient (Wildman–Crippen LogP) is 4.78. The van der Waals surface area contributed by atoms with E-state index in [0.717, 1.165) is 11.3 Å². The SMILES string of the molecule is CCCCc1ccc(C=Nc2ccccc2)cc1. The van der Waals surface area contributed by atoms with E-state index < -0.39 is 0 Å². The number of hydrogen-bond donors (Lipinski definition) is 0. The van der Waals surface area contributed by atoms with Gasteiger partial charge in [-0.05, 0) is 36.1 Å². The van der Waals surface area contributed by atoms with Crippen LogP contribution in [0.15, 0.2) is 59.6 Å². The quantitative estimate of drug-likeness (QED) is 0.664. The van der Waals surface area contributed by atoms with Gasteiger partial charge in [-0.1, -0.05) is 55.8 Å². The molecule has 0 saturated heterocycles. The van der Waals surface area contributed by atoms with Crippen molar-refractivity contribution in [1.29, 1.82) is 0 Å². The molecule has 0 aliphatic heterocycles. The molecule has 0 bridgehead atoms. The lowest BCUT2D eigenvalue weighted by Crippen LogP contribution is -1.86. The van der Waals surface area contributed by atoms with Crippen molar-refractivity contribution in [2.24, 2.45) is 4.99 Å². The Kier molecular flexibility index (Phi) is 4.71. The first-order chi connectivity index (χ1) is 8.88. The van der Waals surface area contributed by atoms with Crippen LogP contribution in [0.1, 0.15) is 30.9 Å². The summed E-state index contributed by atoms with van der Waals surface area (Å²) >= 11 is 0. The molecule has 1 heteroatoms. The summed E-state index contributed by atoms with van der Waals surface area (Å²) < 4.78 is 0. The summed E-state index contributed by atoms with van der Waals surface area (Å²) in [5.41, 5.74) is 3.56. The van der Waals surface area contributed by atoms with Gasteiger partial charge in [-0.25, -0.2) is 0 Å². The molecule has 0 aliphatic carbocycles. The predicted molar refractivity (Wildman–Crippen MR) is 78.8 cm³/mol. The topological polar surface area (TPSA) is 12.4 Å². The van der Waals surface area contributed by atoms with Crippen LogP contribution in [-0.4, -0.2) is 6.21 Å². The molecule has 0 spiro atoms. The molecule has 2 aromatic carbocycles. The van der Waals surface area contributed by atoms with Crippen LogP contribution in [0.3, 0.4) is 0 Å². The Morgan fingerprint density at radius 2 is 1.67 bits per heavy atom. The molecule has 0 atom stereocenters. The van der Waals surface area contributed by atoms with Crippen LogP contribution < -0.4 is 0 Å². The van der Waals surface area contributed by atoms with Crippen molar-refractivity contribution in [3.05, 3.63) is 65.7 Å². The highest BCUT2D eigenvalue weighted by Gasteiger charge is 1.93. The van der Waals surface area contributed by atoms with Gasteiger partial charge in [-0.3, -0.25) is 4.99 Å². The maximum atomic E-state index is 4.44. The third kappa shape index (κ3) is 3.85. The Hall–Kier alpha value is -1.89. The van der Waals surface area contributed by atoms with Gasteiger partial charge in [-0.2, -0.15) is 0 Å². The first kappa shape index (κ1) is 12.6. The fourth-order valence-corrected chi connectivity index (χ4v) is 1.81. The van der Waals surface area contributed by atoms with Gasteiger partial charge in [-0.15, -0.1) is 0 Å². The molecular weight excluding hydrogens is 218 g/mol. The molecule has 0 amide bonds. The van der Waals surface area contributed by atoms with Gasteiger partial charge in [0.15, 0.2) is 0 Å². The van der Waals surface area contributed by atoms with Crippen LogP contribution in [0.5, 0.6) is 0 Å². The number of hydrogen-bond acceptors (Lipinski definition) is 1. The number of aliphatic imine (C=N–C) groups is 1. The van der Waals surface area contributed by atoms with Crippen molar-refractivity contribution >= 4 is 11.9 Å². The standard InChI is InChI=1S/C17H19N/c1-2-3-7-15-10-12-16(13-11-15)14-18-17-8-5-4-6-9-17/h4-6,8-14H,2-3,7H2,1H3. The van der Waals surface area contributed by atoms with Crippen LogP contribution in [0, 0.1) is 0 Å². The lowest BCUT2D eigenvalue weighted by molar-refractivity contribution is 0.795. The third-order valence-corrected chi connectivity index (χ3v) is 2.92. The number of unbranched alkanes of at least 4 members (excludes halogenated alkanes) is 1. The lowest BCUT2D eigenvalue weighted by atomic mass is 10.1. The summed E-state index contributed by atoms with van der Waals surface area (Å²) in [6.45, 7) is 2.22. The van der Waals surface area contributed by atoms with Crippen LogP contribution in [-0.2, 0) is 6.42 Å². The minimum Gasteiger partial charge on any atom is -0.256 e. The zero-order chi connectivity index (χ0) is 12.6. The van der Waals surface area contributed by atoms with E-state index in [2.05, 4.69) is 36.2 Å². The maximum Gasteiger partial charge on any atom is 0.0629 e. The summed E-state index contributed by atoms with van der Waals surface area (Å²) in [6.07, 6.45) is 5.60. The molecule has 0 radical (unpaired) electrons. The van der Waals surface area contributed by atoms with E-state index in [1.807, 2.05) is 36.5 Å². The number of aryl methyl sites for hydroxylation is 1. The summed E-state index contributed by atoms with van der Waals surface area (Å²) in [6, 6.07) is 18.7. The van der Waals surface area contributed by atoms with E-state index in [4.69, 9.17) is 0 Å². The van der Waals surface area contributed by atoms with Gasteiger partial charge in [0.1, 0.15) is 0 Å². The number of benzene rings is 2. The number of para-hydroxylation sites is 1. The van der Waals surface area contributed by atoms with Gasteiger partial charge in [0.25, 0.3) is 0 Å². The molecule has 2 aromatic rings. The third-order valence-electron chi connectivity index (χ3n) is 2.92. The van der Waals surface area contributed by atoms with Crippen molar-refractivity contribution in [3.63, 3.8) is 0 Å². The van der Waals surface area contributed by atoms with Crippen molar-refractivity contribution in [2.75, 3.05) is 0 Å². The van der Waals surface area contributed by atoms with E-state index in [1.54, 1.807) is 0 Å². The molecule has 0 heterocycles. The Morgan fingerprint density at radius 1 is 0.944 bits per heavy atom. The summed E-state index contributed by atoms with van der Waals surface area (Å²) in [5.74, 6) is 0. The average Bonchev–Trinajstić information content (AvgIpc) is 2.45. The lowest BCUT2D eigenvalue weighted by Gasteiger charge is -2.00. The Morgan fingerprint density at radius 3 is 2.33 bits per heavy atom. The molecule has 1 nitrogen and oxygen atoms in total. The molecule has 0 N–H and O–H groups in total. The van der Waals surface area contributed by atoms with E-state index in [1.165, 1.54) is 24.8 Å². The second-order valence-electron chi connectivity index (χ2n) is 4.44. The molecular formula is C17H19N. The summed E-state index contributed by atoms with van der Waals surface area (Å²) in [5, 5.41) is 0. The number of nitrogens with zero attached hydrogens (tertiary/aromatic N) is 1. The summed E-state index contributed by atoms with van der Waals surface area (Å²) in [7, 11) is 0. The molecule has 0 aromatic heterocycles. The fraction of sp³-hybridized carbons (Fsp3) is 0.235. The van der Waals surface area contributed by atoms with E-state index in [-0.39, 0.29) is 0 Å². The Bertz CT molecular complexity index is 483. The second kappa shape index (κ2) is 6.75. The zero-order valence-electron chi connectivity index (χ0n) is 10.8. The van der Waals surface area contributed by atoms with Crippen molar-refractivity contribution < 1.29 is 0 Å². The molecule has 0 aliphatic rings. The highest BCUT2D eigenvalue weighted by molar-refractivity contribution is 5.81. The van der Waals surface area contributed by atoms with Crippen molar-refractivity contribution in [1.82, 2.24) is 0 Å². The minimum absolute atomic E-state index is 0.993. The molecule has 0 unspecified atom stereocenters. The summed E-state index contributed by atoms with van der Waals surface area (Å²) in [4.78, 5) is 4.44. The fourth-order valence-electron chi connectivity index (χ4n) is 1.81. The maximum absolute atomic E-state index is 4.44. The average molecular weight is 237 g/mol. The Balaban J connectivity index is 2.00. The highest BCUT2D eigenvalue weighted by Crippen LogP contribution is 2.11. The van der Waals surface area contributed by atoms with Crippen LogP contribution in [0.2, 0.25) is 0 Å². The van der Waals surface area contributed by atoms with Crippen LogP contribution in [0.25, 0.3) is 0 Å². The largest absolute Gasteiger partial charge is 0.256 e. The van der Waals surface area contributed by atoms with E-state index >= 15 is 0 Å². The smallest absolute Gasteiger partial charge is 0.0629 e. The first-order valence-corrected chi connectivity index (χ1v) is 6.56. The number of rotatable bonds is 5. The second-order valence-corrected chi connectivity index (χ2v) is 4.44. The van der Waals surface area contributed by atoms with Crippen molar-refractivity contribution in [3.8, 4) is 0 Å². The van der Waals surface area contributed by atoms with Gasteiger partial charge in [0.2, 0.25) is 0 Å². The highest BCUT2D eigenvalue weighted by atomic mass is 14.7. The van der Waals surface area contributed by atoms with E-state index in [0.29, 0.717) is 0 Å². The molecule has 18 heavy (non-hydrogen) atoms. The van der Waals surface area contributed by atoms with Gasteiger partial charge in [0, 0.05) is 6.21 Å². The first-order valence-electron chi connectivity index (χ1n) is 6.56. The van der Waals surface area contributed by atoms with Crippen molar-refractivity contribution in [2.45, 2.75) is 26.2 Å². The van der Waals surface area contributed by atoms with Gasteiger partial charge < -0.3 is 0 Å².